The van der Waals surface area contributed by atoms with Crippen LogP contribution in [-0.4, -0.2) is 37.0 Å². The predicted molar refractivity (Wildman–Crippen MR) is 110 cm³/mol. The highest BCUT2D eigenvalue weighted by Gasteiger charge is 2.33. The van der Waals surface area contributed by atoms with Crippen LogP contribution in [0.15, 0.2) is 54.6 Å². The molecule has 2 aromatic rings. The minimum atomic E-state index is -0.394. The van der Waals surface area contributed by atoms with Crippen LogP contribution in [0.25, 0.3) is 11.1 Å². The molecule has 3 unspecified atom stereocenters. The maximum atomic E-state index is 11.0. The summed E-state index contributed by atoms with van der Waals surface area (Å²) in [5, 5.41) is 14.4. The van der Waals surface area contributed by atoms with E-state index in [2.05, 4.69) is 60.8 Å². The summed E-state index contributed by atoms with van der Waals surface area (Å²) in [6.07, 6.45) is 2.55. The zero-order chi connectivity index (χ0) is 17.5. The normalized spacial score (nSPS) is 19.4. The molecule has 2 N–H and O–H groups in total. The number of aliphatic hydroxyl groups excluding tert-OH is 1. The molecule has 3 atom stereocenters. The summed E-state index contributed by atoms with van der Waals surface area (Å²) < 4.78 is 6.06. The van der Waals surface area contributed by atoms with E-state index in [0.29, 0.717) is 6.61 Å². The maximum absolute atomic E-state index is 11.0. The standard InChI is InChI=1S/C22H29NO2.ClH/c1-2-3-13-20(24)22(21-16-23-14-15-25-21)19-12-8-7-11-18(19)17-9-5-4-6-10-17;/h4-12,20-24H,2-3,13-16H2,1H3;1H. The molecule has 4 heteroatoms. The van der Waals surface area contributed by atoms with Crippen molar-refractivity contribution >= 4 is 12.4 Å². The van der Waals surface area contributed by atoms with E-state index < -0.39 is 6.10 Å². The van der Waals surface area contributed by atoms with Crippen LogP contribution >= 0.6 is 12.4 Å². The summed E-state index contributed by atoms with van der Waals surface area (Å²) in [5.74, 6) is -0.0178. The molecule has 1 aliphatic heterocycles. The van der Waals surface area contributed by atoms with Gasteiger partial charge in [-0.3, -0.25) is 0 Å². The third kappa shape index (κ3) is 5.08. The third-order valence-corrected chi connectivity index (χ3v) is 5.03. The number of halogens is 1. The van der Waals surface area contributed by atoms with Crippen molar-refractivity contribution in [3.8, 4) is 11.1 Å². The summed E-state index contributed by atoms with van der Waals surface area (Å²) in [4.78, 5) is 0. The Morgan fingerprint density at radius 3 is 2.54 bits per heavy atom. The van der Waals surface area contributed by atoms with Crippen molar-refractivity contribution in [3.05, 3.63) is 60.2 Å². The fraction of sp³-hybridized carbons (Fsp3) is 0.455. The highest BCUT2D eigenvalue weighted by Crippen LogP contribution is 2.36. The van der Waals surface area contributed by atoms with Crippen LogP contribution in [0.1, 0.15) is 37.7 Å². The van der Waals surface area contributed by atoms with Crippen LogP contribution < -0.4 is 5.32 Å². The molecule has 142 valence electrons. The Kier molecular flexibility index (Phi) is 8.60. The van der Waals surface area contributed by atoms with Crippen molar-refractivity contribution in [2.24, 2.45) is 0 Å². The smallest absolute Gasteiger partial charge is 0.0793 e. The Morgan fingerprint density at radius 2 is 1.85 bits per heavy atom. The second-order valence-corrected chi connectivity index (χ2v) is 6.80. The van der Waals surface area contributed by atoms with Crippen molar-refractivity contribution < 1.29 is 9.84 Å². The van der Waals surface area contributed by atoms with Crippen LogP contribution in [-0.2, 0) is 4.74 Å². The minimum Gasteiger partial charge on any atom is -0.392 e. The van der Waals surface area contributed by atoms with Gasteiger partial charge in [0.25, 0.3) is 0 Å². The van der Waals surface area contributed by atoms with Gasteiger partial charge in [-0.2, -0.15) is 0 Å². The van der Waals surface area contributed by atoms with Gasteiger partial charge in [-0.05, 0) is 23.1 Å². The van der Waals surface area contributed by atoms with Crippen LogP contribution in [0, 0.1) is 0 Å². The average Bonchev–Trinajstić information content (AvgIpc) is 2.68. The third-order valence-electron chi connectivity index (χ3n) is 5.03. The molecule has 0 radical (unpaired) electrons. The largest absolute Gasteiger partial charge is 0.392 e. The lowest BCUT2D eigenvalue weighted by atomic mass is 9.81. The van der Waals surface area contributed by atoms with Gasteiger partial charge in [-0.1, -0.05) is 74.4 Å². The first-order chi connectivity index (χ1) is 12.3. The number of rotatable bonds is 7. The fourth-order valence-electron chi connectivity index (χ4n) is 3.73. The molecular weight excluding hydrogens is 346 g/mol. The lowest BCUT2D eigenvalue weighted by Crippen LogP contribution is -2.45. The van der Waals surface area contributed by atoms with Crippen molar-refractivity contribution in [1.82, 2.24) is 5.32 Å². The topological polar surface area (TPSA) is 41.5 Å². The highest BCUT2D eigenvalue weighted by atomic mass is 35.5. The lowest BCUT2D eigenvalue weighted by Gasteiger charge is -2.35. The number of unbranched alkanes of at least 4 members (excludes halogenated alkanes) is 1. The van der Waals surface area contributed by atoms with Crippen molar-refractivity contribution in [2.45, 2.75) is 44.3 Å². The zero-order valence-corrected chi connectivity index (χ0v) is 16.3. The molecule has 0 saturated carbocycles. The van der Waals surface area contributed by atoms with Gasteiger partial charge in [0.1, 0.15) is 0 Å². The van der Waals surface area contributed by atoms with E-state index in [1.54, 1.807) is 0 Å². The molecule has 0 spiro atoms. The van der Waals surface area contributed by atoms with E-state index >= 15 is 0 Å². The number of hydrogen-bond acceptors (Lipinski definition) is 3. The monoisotopic (exact) mass is 375 g/mol. The summed E-state index contributed by atoms with van der Waals surface area (Å²) in [6.45, 7) is 4.54. The molecule has 3 rings (SSSR count). The van der Waals surface area contributed by atoms with Crippen LogP contribution in [0.5, 0.6) is 0 Å². The number of nitrogens with one attached hydrogen (secondary N) is 1. The van der Waals surface area contributed by atoms with Crippen LogP contribution in [0.3, 0.4) is 0 Å². The molecule has 0 bridgehead atoms. The maximum Gasteiger partial charge on any atom is 0.0793 e. The van der Waals surface area contributed by atoms with Crippen molar-refractivity contribution in [2.75, 3.05) is 19.7 Å². The van der Waals surface area contributed by atoms with Crippen molar-refractivity contribution in [3.63, 3.8) is 0 Å². The van der Waals surface area contributed by atoms with Gasteiger partial charge < -0.3 is 15.2 Å². The van der Waals surface area contributed by atoms with E-state index in [0.717, 1.165) is 32.4 Å². The molecule has 2 aromatic carbocycles. The van der Waals surface area contributed by atoms with Gasteiger partial charge in [-0.25, -0.2) is 0 Å². The predicted octanol–water partition coefficient (Wildman–Crippen LogP) is 4.40. The molecule has 1 saturated heterocycles. The van der Waals surface area contributed by atoms with Gasteiger partial charge in [0, 0.05) is 19.0 Å². The Morgan fingerprint density at radius 1 is 1.12 bits per heavy atom. The summed E-state index contributed by atoms with van der Waals surface area (Å²) >= 11 is 0. The average molecular weight is 376 g/mol. The summed E-state index contributed by atoms with van der Waals surface area (Å²) in [7, 11) is 0. The van der Waals surface area contributed by atoms with Gasteiger partial charge >= 0.3 is 0 Å². The van der Waals surface area contributed by atoms with E-state index in [1.807, 2.05) is 6.07 Å². The molecule has 0 aromatic heterocycles. The fourth-order valence-corrected chi connectivity index (χ4v) is 3.73. The van der Waals surface area contributed by atoms with E-state index in [4.69, 9.17) is 4.74 Å². The van der Waals surface area contributed by atoms with Gasteiger partial charge in [0.05, 0.1) is 18.8 Å². The Labute approximate surface area is 163 Å². The lowest BCUT2D eigenvalue weighted by molar-refractivity contribution is -0.0250. The Hall–Kier alpha value is -1.39. The van der Waals surface area contributed by atoms with E-state index in [9.17, 15) is 5.11 Å². The second kappa shape index (κ2) is 10.7. The number of hydrogen-bond donors (Lipinski definition) is 2. The zero-order valence-electron chi connectivity index (χ0n) is 15.4. The van der Waals surface area contributed by atoms with Gasteiger partial charge in [0.2, 0.25) is 0 Å². The molecule has 1 aliphatic rings. The van der Waals surface area contributed by atoms with Gasteiger partial charge in [-0.15, -0.1) is 12.4 Å². The van der Waals surface area contributed by atoms with Crippen molar-refractivity contribution in [1.29, 1.82) is 0 Å². The quantitative estimate of drug-likeness (QED) is 0.753. The molecule has 0 aliphatic carbocycles. The molecular formula is C22H30ClNO2. The first-order valence-electron chi connectivity index (χ1n) is 9.46. The number of aliphatic hydroxyl groups is 1. The number of morpholine rings is 1. The number of benzene rings is 2. The Balaban J connectivity index is 0.00000243. The minimum absolute atomic E-state index is 0. The van der Waals surface area contributed by atoms with Crippen LogP contribution in [0.2, 0.25) is 0 Å². The van der Waals surface area contributed by atoms with Gasteiger partial charge in [0.15, 0.2) is 0 Å². The highest BCUT2D eigenvalue weighted by molar-refractivity contribution is 5.85. The summed E-state index contributed by atoms with van der Waals surface area (Å²) in [5.41, 5.74) is 3.57. The second-order valence-electron chi connectivity index (χ2n) is 6.80. The van der Waals surface area contributed by atoms with Crippen LogP contribution in [0.4, 0.5) is 0 Å². The van der Waals surface area contributed by atoms with E-state index in [-0.39, 0.29) is 24.4 Å². The molecule has 1 heterocycles. The van der Waals surface area contributed by atoms with E-state index in [1.165, 1.54) is 16.7 Å². The summed E-state index contributed by atoms with van der Waals surface area (Å²) in [6, 6.07) is 18.9. The Bertz CT molecular complexity index is 644. The first kappa shape index (κ1) is 20.9. The molecule has 1 fully saturated rings. The molecule has 3 nitrogen and oxygen atoms in total. The SMILES string of the molecule is CCCCC(O)C(c1ccccc1-c1ccccc1)C1CNCCO1.Cl. The molecule has 0 amide bonds. The first-order valence-corrected chi connectivity index (χ1v) is 9.46. The molecule has 26 heavy (non-hydrogen) atoms. The number of ether oxygens (including phenoxy) is 1.